The molecule has 0 amide bonds. The molecule has 0 radical (unpaired) electrons. The maximum atomic E-state index is 11.3. The lowest BCUT2D eigenvalue weighted by atomic mass is 9.84. The van der Waals surface area contributed by atoms with Gasteiger partial charge in [-0.05, 0) is 30.0 Å². The smallest absolute Gasteiger partial charge is 0.311 e. The van der Waals surface area contributed by atoms with Crippen LogP contribution in [0.1, 0.15) is 24.8 Å². The minimum absolute atomic E-state index is 0.0568. The molecule has 2 nitrogen and oxygen atoms in total. The Labute approximate surface area is 101 Å². The first-order chi connectivity index (χ1) is 7.60. The molecule has 0 heterocycles. The fraction of sp³-hybridized carbons (Fsp3) is 0.308. The molecule has 0 aliphatic carbocycles. The van der Waals surface area contributed by atoms with Crippen molar-refractivity contribution in [2.45, 2.75) is 19.3 Å². The summed E-state index contributed by atoms with van der Waals surface area (Å²) in [6.07, 6.45) is 2.45. The minimum atomic E-state index is -0.825. The number of hydrogen-bond acceptors (Lipinski definition) is 1. The monoisotopic (exact) mass is 238 g/mol. The first-order valence-electron chi connectivity index (χ1n) is 5.21. The average molecular weight is 239 g/mol. The van der Waals surface area contributed by atoms with E-state index in [9.17, 15) is 9.90 Å². The van der Waals surface area contributed by atoms with Crippen LogP contribution in [0.25, 0.3) is 0 Å². The van der Waals surface area contributed by atoms with E-state index in [2.05, 4.69) is 6.58 Å². The Kier molecular flexibility index (Phi) is 4.56. The molecule has 0 aliphatic heterocycles. The van der Waals surface area contributed by atoms with Crippen LogP contribution in [-0.4, -0.2) is 11.1 Å². The number of allylic oxidation sites excluding steroid dienone is 1. The molecule has 0 saturated carbocycles. The number of benzene rings is 1. The summed E-state index contributed by atoms with van der Waals surface area (Å²) in [4.78, 5) is 11.3. The molecule has 0 aromatic heterocycles. The van der Waals surface area contributed by atoms with Crippen LogP contribution in [-0.2, 0) is 4.79 Å². The molecule has 0 unspecified atom stereocenters. The second-order valence-electron chi connectivity index (χ2n) is 3.68. The molecule has 1 aromatic rings. The molecule has 0 spiro atoms. The normalized spacial score (nSPS) is 14.1. The average Bonchev–Trinajstić information content (AvgIpc) is 2.27. The van der Waals surface area contributed by atoms with Crippen molar-refractivity contribution >= 4 is 17.6 Å². The topological polar surface area (TPSA) is 37.3 Å². The van der Waals surface area contributed by atoms with Crippen LogP contribution in [0.5, 0.6) is 0 Å². The zero-order chi connectivity index (χ0) is 12.1. The largest absolute Gasteiger partial charge is 0.481 e. The van der Waals surface area contributed by atoms with Crippen molar-refractivity contribution in [3.63, 3.8) is 0 Å². The number of carbonyl (C=O) groups is 1. The van der Waals surface area contributed by atoms with Gasteiger partial charge in [0, 0.05) is 5.02 Å². The van der Waals surface area contributed by atoms with E-state index in [1.807, 2.05) is 6.92 Å². The van der Waals surface area contributed by atoms with E-state index in [0.717, 1.165) is 12.0 Å². The second kappa shape index (κ2) is 5.71. The summed E-state index contributed by atoms with van der Waals surface area (Å²) in [6, 6.07) is 6.94. The van der Waals surface area contributed by atoms with Gasteiger partial charge in [-0.15, -0.1) is 6.58 Å². The summed E-state index contributed by atoms with van der Waals surface area (Å²) in [6.45, 7) is 5.65. The van der Waals surface area contributed by atoms with Crippen molar-refractivity contribution in [1.29, 1.82) is 0 Å². The Morgan fingerprint density at radius 2 is 2.06 bits per heavy atom. The van der Waals surface area contributed by atoms with Crippen LogP contribution >= 0.6 is 11.6 Å². The van der Waals surface area contributed by atoms with Gasteiger partial charge in [-0.2, -0.15) is 0 Å². The molecular weight excluding hydrogens is 224 g/mol. The van der Waals surface area contributed by atoms with E-state index < -0.39 is 11.9 Å². The highest BCUT2D eigenvalue weighted by atomic mass is 35.5. The lowest BCUT2D eigenvalue weighted by Gasteiger charge is -2.19. The molecule has 2 atom stereocenters. The van der Waals surface area contributed by atoms with Crippen LogP contribution in [0, 0.1) is 5.92 Å². The highest BCUT2D eigenvalue weighted by molar-refractivity contribution is 6.30. The standard InChI is InChI=1S/C13H15ClO2/c1-3-9(4-2)12(13(15)16)10-5-7-11(14)8-6-10/h3,5-9,12H,1,4H2,2H3,(H,15,16)/t9-,12-/m0/s1. The Balaban J connectivity index is 3.06. The third kappa shape index (κ3) is 2.86. The number of rotatable bonds is 5. The SMILES string of the molecule is C=C[C@@H](CC)[C@H](C(=O)O)c1ccc(Cl)cc1. The Hall–Kier alpha value is -1.28. The fourth-order valence-corrected chi connectivity index (χ4v) is 1.91. The fourth-order valence-electron chi connectivity index (χ4n) is 1.78. The van der Waals surface area contributed by atoms with Crippen LogP contribution in [0.3, 0.4) is 0 Å². The van der Waals surface area contributed by atoms with Gasteiger partial charge in [0.05, 0.1) is 5.92 Å². The Morgan fingerprint density at radius 1 is 1.50 bits per heavy atom. The summed E-state index contributed by atoms with van der Waals surface area (Å²) in [5.41, 5.74) is 0.767. The van der Waals surface area contributed by atoms with Crippen molar-refractivity contribution < 1.29 is 9.90 Å². The lowest BCUT2D eigenvalue weighted by Crippen LogP contribution is -2.19. The van der Waals surface area contributed by atoms with Crippen LogP contribution in [0.2, 0.25) is 5.02 Å². The highest BCUT2D eigenvalue weighted by Crippen LogP contribution is 2.29. The number of halogens is 1. The van der Waals surface area contributed by atoms with Gasteiger partial charge in [0.2, 0.25) is 0 Å². The van der Waals surface area contributed by atoms with Crippen LogP contribution < -0.4 is 0 Å². The van der Waals surface area contributed by atoms with Gasteiger partial charge < -0.3 is 5.11 Å². The van der Waals surface area contributed by atoms with E-state index >= 15 is 0 Å². The van der Waals surface area contributed by atoms with Crippen molar-refractivity contribution in [3.05, 3.63) is 47.5 Å². The number of hydrogen-bond donors (Lipinski definition) is 1. The number of carboxylic acids is 1. The molecule has 0 saturated heterocycles. The Morgan fingerprint density at radius 3 is 2.44 bits per heavy atom. The van der Waals surface area contributed by atoms with Crippen molar-refractivity contribution in [3.8, 4) is 0 Å². The van der Waals surface area contributed by atoms with Gasteiger partial charge in [0.1, 0.15) is 0 Å². The lowest BCUT2D eigenvalue weighted by molar-refractivity contribution is -0.139. The number of aliphatic carboxylic acids is 1. The molecule has 3 heteroatoms. The highest BCUT2D eigenvalue weighted by Gasteiger charge is 2.26. The van der Waals surface area contributed by atoms with E-state index in [4.69, 9.17) is 11.6 Å². The quantitative estimate of drug-likeness (QED) is 0.794. The van der Waals surface area contributed by atoms with Crippen molar-refractivity contribution in [2.75, 3.05) is 0 Å². The summed E-state index contributed by atoms with van der Waals surface area (Å²) >= 11 is 5.78. The second-order valence-corrected chi connectivity index (χ2v) is 4.11. The van der Waals surface area contributed by atoms with Gasteiger partial charge in [-0.1, -0.05) is 36.7 Å². The van der Waals surface area contributed by atoms with Crippen molar-refractivity contribution in [1.82, 2.24) is 0 Å². The van der Waals surface area contributed by atoms with Crippen LogP contribution in [0.15, 0.2) is 36.9 Å². The molecule has 0 aliphatic rings. The summed E-state index contributed by atoms with van der Waals surface area (Å²) in [5, 5.41) is 9.86. The molecule has 0 fully saturated rings. The predicted octanol–water partition coefficient (Wildman–Crippen LogP) is 3.72. The predicted molar refractivity (Wildman–Crippen MR) is 65.8 cm³/mol. The first kappa shape index (κ1) is 12.8. The van der Waals surface area contributed by atoms with E-state index in [1.54, 1.807) is 30.3 Å². The third-order valence-electron chi connectivity index (χ3n) is 2.70. The third-order valence-corrected chi connectivity index (χ3v) is 2.95. The van der Waals surface area contributed by atoms with Gasteiger partial charge >= 0.3 is 5.97 Å². The van der Waals surface area contributed by atoms with E-state index in [0.29, 0.717) is 5.02 Å². The maximum absolute atomic E-state index is 11.3. The number of carboxylic acid groups (broad SMARTS) is 1. The maximum Gasteiger partial charge on any atom is 0.311 e. The molecule has 0 bridgehead atoms. The van der Waals surface area contributed by atoms with Gasteiger partial charge in [0.25, 0.3) is 0 Å². The summed E-state index contributed by atoms with van der Waals surface area (Å²) in [5.74, 6) is -1.42. The van der Waals surface area contributed by atoms with Gasteiger partial charge in [0.15, 0.2) is 0 Å². The summed E-state index contributed by atoms with van der Waals surface area (Å²) in [7, 11) is 0. The van der Waals surface area contributed by atoms with Gasteiger partial charge in [-0.25, -0.2) is 0 Å². The molecule has 86 valence electrons. The molecule has 1 aromatic carbocycles. The minimum Gasteiger partial charge on any atom is -0.481 e. The van der Waals surface area contributed by atoms with Gasteiger partial charge in [-0.3, -0.25) is 4.79 Å². The molecular formula is C13H15ClO2. The van der Waals surface area contributed by atoms with E-state index in [-0.39, 0.29) is 5.92 Å². The Bertz CT molecular complexity index is 370. The zero-order valence-corrected chi connectivity index (χ0v) is 9.95. The molecule has 1 N–H and O–H groups in total. The van der Waals surface area contributed by atoms with Crippen LogP contribution in [0.4, 0.5) is 0 Å². The van der Waals surface area contributed by atoms with Crippen molar-refractivity contribution in [2.24, 2.45) is 5.92 Å². The zero-order valence-electron chi connectivity index (χ0n) is 9.19. The molecule has 1 rings (SSSR count). The first-order valence-corrected chi connectivity index (χ1v) is 5.58. The van der Waals surface area contributed by atoms with E-state index in [1.165, 1.54) is 0 Å². The summed E-state index contributed by atoms with van der Waals surface area (Å²) < 4.78 is 0. The molecule has 16 heavy (non-hydrogen) atoms.